The fourth-order valence-electron chi connectivity index (χ4n) is 4.16. The standard InChI is InChI=1S/C23H23F3N4O5S.ClH/c24-23(25,26)16-1-3-18(4-2-16)35-19-5-7-20(8-6-19)36(33,34)22(21(31)29-32)9-11-30(12-10-22)14-17-13-27-15-28-17;/h1-8,13,15,32H,9-12,14H2,(H,27,28)(H,29,31);1H. The summed E-state index contributed by atoms with van der Waals surface area (Å²) in [4.78, 5) is 21.4. The molecule has 4 rings (SSSR count). The van der Waals surface area contributed by atoms with Crippen LogP contribution in [0.2, 0.25) is 0 Å². The number of H-pyrrole nitrogens is 1. The van der Waals surface area contributed by atoms with Crippen molar-refractivity contribution in [3.05, 3.63) is 72.3 Å². The van der Waals surface area contributed by atoms with Gasteiger partial charge in [-0.1, -0.05) is 0 Å². The average molecular weight is 561 g/mol. The second-order valence-electron chi connectivity index (χ2n) is 8.39. The number of alkyl halides is 3. The number of rotatable bonds is 7. The Labute approximate surface area is 216 Å². The Bertz CT molecular complexity index is 1290. The van der Waals surface area contributed by atoms with E-state index >= 15 is 0 Å². The third-order valence-electron chi connectivity index (χ3n) is 6.19. The van der Waals surface area contributed by atoms with Crippen molar-refractivity contribution in [2.24, 2.45) is 0 Å². The Hall–Kier alpha value is -3.13. The number of benzene rings is 2. The van der Waals surface area contributed by atoms with Crippen molar-refractivity contribution < 1.29 is 36.3 Å². The molecule has 1 saturated heterocycles. The molecule has 1 aliphatic heterocycles. The number of halogens is 4. The number of nitrogens with one attached hydrogen (secondary N) is 2. The van der Waals surface area contributed by atoms with E-state index < -0.39 is 32.2 Å². The summed E-state index contributed by atoms with van der Waals surface area (Å²) in [6.07, 6.45) is -1.36. The summed E-state index contributed by atoms with van der Waals surface area (Å²) >= 11 is 0. The highest BCUT2D eigenvalue weighted by molar-refractivity contribution is 7.93. The van der Waals surface area contributed by atoms with E-state index in [2.05, 4.69) is 9.97 Å². The van der Waals surface area contributed by atoms with Crippen LogP contribution in [-0.4, -0.2) is 52.2 Å². The van der Waals surface area contributed by atoms with Gasteiger partial charge in [0.2, 0.25) is 0 Å². The number of likely N-dealkylation sites (tertiary alicyclic amines) is 1. The molecule has 1 fully saturated rings. The molecule has 0 bridgehead atoms. The zero-order valence-corrected chi connectivity index (χ0v) is 20.9. The van der Waals surface area contributed by atoms with Gasteiger partial charge in [0, 0.05) is 31.5 Å². The van der Waals surface area contributed by atoms with Gasteiger partial charge in [-0.05, 0) is 61.4 Å². The largest absolute Gasteiger partial charge is 0.457 e. The number of piperidine rings is 1. The first-order chi connectivity index (χ1) is 17.0. The van der Waals surface area contributed by atoms with Crippen LogP contribution in [-0.2, 0) is 27.4 Å². The van der Waals surface area contributed by atoms with Crippen molar-refractivity contribution in [3.8, 4) is 11.5 Å². The monoisotopic (exact) mass is 560 g/mol. The van der Waals surface area contributed by atoms with Crippen molar-refractivity contribution in [3.63, 3.8) is 0 Å². The highest BCUT2D eigenvalue weighted by Gasteiger charge is 2.53. The summed E-state index contributed by atoms with van der Waals surface area (Å²) in [6.45, 7) is 1.09. The number of hydroxylamine groups is 1. The van der Waals surface area contributed by atoms with Gasteiger partial charge in [0.25, 0.3) is 5.91 Å². The molecule has 3 aromatic rings. The number of nitrogens with zero attached hydrogens (tertiary/aromatic N) is 2. The minimum atomic E-state index is -4.47. The molecule has 200 valence electrons. The van der Waals surface area contributed by atoms with E-state index in [4.69, 9.17) is 4.74 Å². The zero-order chi connectivity index (χ0) is 26.0. The molecule has 1 amide bonds. The molecule has 0 radical (unpaired) electrons. The second kappa shape index (κ2) is 11.1. The van der Waals surface area contributed by atoms with Crippen molar-refractivity contribution in [1.29, 1.82) is 0 Å². The summed E-state index contributed by atoms with van der Waals surface area (Å²) in [5, 5.41) is 9.33. The highest BCUT2D eigenvalue weighted by atomic mass is 35.5. The molecule has 3 N–H and O–H groups in total. The maximum atomic E-state index is 13.6. The normalized spacial score (nSPS) is 16.0. The number of ether oxygens (including phenoxy) is 1. The minimum absolute atomic E-state index is 0. The lowest BCUT2D eigenvalue weighted by Gasteiger charge is -2.39. The van der Waals surface area contributed by atoms with Crippen LogP contribution >= 0.6 is 12.4 Å². The first-order valence-electron chi connectivity index (χ1n) is 10.9. The lowest BCUT2D eigenvalue weighted by molar-refractivity contribution is -0.137. The maximum Gasteiger partial charge on any atom is 0.416 e. The average Bonchev–Trinajstić information content (AvgIpc) is 3.37. The van der Waals surface area contributed by atoms with Crippen LogP contribution in [0, 0.1) is 0 Å². The molecule has 0 saturated carbocycles. The maximum absolute atomic E-state index is 13.6. The number of sulfone groups is 1. The van der Waals surface area contributed by atoms with Crippen LogP contribution in [0.1, 0.15) is 24.1 Å². The van der Waals surface area contributed by atoms with Gasteiger partial charge in [0.1, 0.15) is 11.5 Å². The molecule has 0 unspecified atom stereocenters. The fourth-order valence-corrected chi connectivity index (χ4v) is 6.12. The first-order valence-corrected chi connectivity index (χ1v) is 12.4. The van der Waals surface area contributed by atoms with Gasteiger partial charge < -0.3 is 9.72 Å². The Morgan fingerprint density at radius 3 is 2.14 bits per heavy atom. The molecule has 14 heteroatoms. The lowest BCUT2D eigenvalue weighted by atomic mass is 9.94. The van der Waals surface area contributed by atoms with Crippen LogP contribution in [0.4, 0.5) is 13.2 Å². The van der Waals surface area contributed by atoms with E-state index in [-0.39, 0.29) is 41.6 Å². The summed E-state index contributed by atoms with van der Waals surface area (Å²) in [7, 11) is -4.23. The van der Waals surface area contributed by atoms with Crippen LogP contribution in [0.25, 0.3) is 0 Å². The summed E-state index contributed by atoms with van der Waals surface area (Å²) in [6, 6.07) is 9.30. The summed E-state index contributed by atoms with van der Waals surface area (Å²) in [5.41, 5.74) is 1.54. The van der Waals surface area contributed by atoms with Crippen LogP contribution in [0.3, 0.4) is 0 Å². The third-order valence-corrected chi connectivity index (χ3v) is 8.71. The number of aromatic nitrogens is 2. The van der Waals surface area contributed by atoms with Gasteiger partial charge in [-0.25, -0.2) is 18.9 Å². The van der Waals surface area contributed by atoms with Crippen molar-refractivity contribution in [2.75, 3.05) is 13.1 Å². The van der Waals surface area contributed by atoms with E-state index in [0.29, 0.717) is 19.6 Å². The molecule has 2 aromatic carbocycles. The van der Waals surface area contributed by atoms with E-state index in [1.165, 1.54) is 36.1 Å². The van der Waals surface area contributed by atoms with E-state index in [1.807, 2.05) is 4.90 Å². The van der Waals surface area contributed by atoms with E-state index in [9.17, 15) is 31.6 Å². The molecule has 1 aliphatic rings. The minimum Gasteiger partial charge on any atom is -0.457 e. The SMILES string of the molecule is Cl.O=C(NO)C1(S(=O)(=O)c2ccc(Oc3ccc(C(F)(F)F)cc3)cc2)CCN(Cc2cnc[nH]2)CC1. The van der Waals surface area contributed by atoms with E-state index in [1.54, 1.807) is 6.20 Å². The number of aromatic amines is 1. The molecule has 37 heavy (non-hydrogen) atoms. The van der Waals surface area contributed by atoms with E-state index in [0.717, 1.165) is 30.0 Å². The van der Waals surface area contributed by atoms with Crippen molar-refractivity contribution >= 4 is 28.2 Å². The quantitative estimate of drug-likeness (QED) is 0.295. The molecule has 9 nitrogen and oxygen atoms in total. The second-order valence-corrected chi connectivity index (χ2v) is 10.6. The van der Waals surface area contributed by atoms with Gasteiger partial charge in [0.05, 0.1) is 16.8 Å². The number of carbonyl (C=O) groups is 1. The predicted molar refractivity (Wildman–Crippen MR) is 128 cm³/mol. The van der Waals surface area contributed by atoms with Crippen LogP contribution in [0.15, 0.2) is 66.0 Å². The third kappa shape index (κ3) is 5.90. The van der Waals surface area contributed by atoms with Gasteiger partial charge in [-0.2, -0.15) is 13.2 Å². The number of hydrogen-bond acceptors (Lipinski definition) is 7. The molecular weight excluding hydrogens is 537 g/mol. The first kappa shape index (κ1) is 28.4. The Balaban J connectivity index is 0.00000380. The smallest absolute Gasteiger partial charge is 0.416 e. The Kier molecular flexibility index (Phi) is 8.52. The van der Waals surface area contributed by atoms with Gasteiger partial charge in [-0.3, -0.25) is 14.9 Å². The van der Waals surface area contributed by atoms with Gasteiger partial charge in [0.15, 0.2) is 14.6 Å². The molecule has 0 spiro atoms. The zero-order valence-electron chi connectivity index (χ0n) is 19.2. The van der Waals surface area contributed by atoms with Crippen molar-refractivity contribution in [1.82, 2.24) is 20.3 Å². The number of imidazole rings is 1. The Morgan fingerprint density at radius 1 is 1.08 bits per heavy atom. The predicted octanol–water partition coefficient (Wildman–Crippen LogP) is 3.96. The molecule has 0 atom stereocenters. The summed E-state index contributed by atoms with van der Waals surface area (Å²) < 4.78 is 69.0. The van der Waals surface area contributed by atoms with Gasteiger partial charge >= 0.3 is 6.18 Å². The fraction of sp³-hybridized carbons (Fsp3) is 0.304. The van der Waals surface area contributed by atoms with Crippen molar-refractivity contribution in [2.45, 2.75) is 35.2 Å². The summed E-state index contributed by atoms with van der Waals surface area (Å²) in [5.74, 6) is -0.670. The lowest BCUT2D eigenvalue weighted by Crippen LogP contribution is -2.57. The number of amides is 1. The Morgan fingerprint density at radius 2 is 1.65 bits per heavy atom. The van der Waals surface area contributed by atoms with Gasteiger partial charge in [-0.15, -0.1) is 12.4 Å². The topological polar surface area (TPSA) is 125 Å². The van der Waals surface area contributed by atoms with Crippen LogP contribution in [0.5, 0.6) is 11.5 Å². The molecular formula is C23H24ClF3N4O5S. The highest BCUT2D eigenvalue weighted by Crippen LogP contribution is 2.37. The number of carbonyl (C=O) groups excluding carboxylic acids is 1. The molecule has 0 aliphatic carbocycles. The molecule has 1 aromatic heterocycles. The molecule has 2 heterocycles. The van der Waals surface area contributed by atoms with Crippen LogP contribution < -0.4 is 10.2 Å². The number of hydrogen-bond donors (Lipinski definition) is 3.